The second kappa shape index (κ2) is 20.8. The fraction of sp³-hybridized carbons (Fsp3) is 0.269. The quantitative estimate of drug-likeness (QED) is 0.0451. The third kappa shape index (κ3) is 10.6. The van der Waals surface area contributed by atoms with E-state index in [1.54, 1.807) is 48.4 Å². The number of urea groups is 1. The van der Waals surface area contributed by atoms with E-state index in [9.17, 15) is 30.6 Å². The summed E-state index contributed by atoms with van der Waals surface area (Å²) < 4.78 is 99.8. The van der Waals surface area contributed by atoms with Gasteiger partial charge in [0.05, 0.1) is 35.3 Å². The molecule has 360 valence electrons. The Bertz CT molecular complexity index is 3270. The van der Waals surface area contributed by atoms with Gasteiger partial charge in [-0.05, 0) is 118 Å². The lowest BCUT2D eigenvalue weighted by Crippen LogP contribution is -2.48. The van der Waals surface area contributed by atoms with Gasteiger partial charge in [-0.15, -0.1) is 0 Å². The number of carbonyl (C=O) groups excluding carboxylic acids is 1. The van der Waals surface area contributed by atoms with Gasteiger partial charge in [-0.1, -0.05) is 37.1 Å². The lowest BCUT2D eigenvalue weighted by Gasteiger charge is -2.38. The largest absolute Gasteiger partial charge is 0.497 e. The molecule has 8 rings (SSSR count). The Balaban J connectivity index is 0.974. The third-order valence-electron chi connectivity index (χ3n) is 12.1. The monoisotopic (exact) mass is 975 g/mol. The van der Waals surface area contributed by atoms with Crippen molar-refractivity contribution in [2.75, 3.05) is 54.5 Å². The molecule has 3 aliphatic rings. The van der Waals surface area contributed by atoms with Gasteiger partial charge in [0.25, 0.3) is 10.1 Å². The number of rotatable bonds is 19. The van der Waals surface area contributed by atoms with Crippen LogP contribution in [-0.2, 0) is 26.7 Å². The second-order valence-corrected chi connectivity index (χ2v) is 19.6. The number of halogens is 1. The zero-order valence-corrected chi connectivity index (χ0v) is 40.4. The van der Waals surface area contributed by atoms with Gasteiger partial charge in [0.2, 0.25) is 10.0 Å². The van der Waals surface area contributed by atoms with E-state index >= 15 is 0 Å². The van der Waals surface area contributed by atoms with Gasteiger partial charge in [0.1, 0.15) is 33.6 Å². The minimum absolute atomic E-state index is 0.0452. The zero-order valence-electron chi connectivity index (χ0n) is 38.8. The molecule has 5 aromatic rings. The first-order valence-electron chi connectivity index (χ1n) is 22.9. The first kappa shape index (κ1) is 48.7. The molecule has 17 heteroatoms. The summed E-state index contributed by atoms with van der Waals surface area (Å²) in [5, 5.41) is 1.24. The number of ether oxygens (including phenoxy) is 2. The Morgan fingerprint density at radius 1 is 0.797 bits per heavy atom. The smallest absolute Gasteiger partial charge is 0.329 e. The molecular weight excluding hydrogens is 922 g/mol. The molecule has 2 heterocycles. The fourth-order valence-electron chi connectivity index (χ4n) is 8.73. The number of methoxy groups -OCH3 is 1. The van der Waals surface area contributed by atoms with Crippen molar-refractivity contribution >= 4 is 54.2 Å². The lowest BCUT2D eigenvalue weighted by molar-refractivity contribution is 0.249. The molecule has 0 atom stereocenters. The number of nitrogens with one attached hydrogen (secondary N) is 1. The molecular formula is C52H54FN5O9S2. The van der Waals surface area contributed by atoms with Crippen LogP contribution in [0.2, 0.25) is 0 Å². The minimum atomic E-state index is -4.97. The molecule has 0 radical (unpaired) electrons. The van der Waals surface area contributed by atoms with Crippen molar-refractivity contribution in [1.82, 2.24) is 4.72 Å². The molecule has 0 aromatic heterocycles. The van der Waals surface area contributed by atoms with Crippen LogP contribution in [0.15, 0.2) is 141 Å². The van der Waals surface area contributed by atoms with Crippen LogP contribution in [0.3, 0.4) is 0 Å². The number of nitrogens with zero attached hydrogens (tertiary/aromatic N) is 4. The van der Waals surface area contributed by atoms with Crippen LogP contribution >= 0.6 is 0 Å². The number of anilines is 3. The number of sulfonamides is 1. The summed E-state index contributed by atoms with van der Waals surface area (Å²) >= 11 is 0. The molecule has 5 aromatic carbocycles. The maximum atomic E-state index is 14.8. The number of hydrogen-bond acceptors (Lipinski definition) is 10. The van der Waals surface area contributed by atoms with Crippen molar-refractivity contribution in [3.05, 3.63) is 138 Å². The Hall–Kier alpha value is -6.79. The number of carbonyl (C=O) groups is 1. The van der Waals surface area contributed by atoms with E-state index in [0.717, 1.165) is 30.4 Å². The number of unbranched alkanes of at least 4 members (excludes halogenated alkanes) is 3. The van der Waals surface area contributed by atoms with E-state index in [2.05, 4.69) is 14.6 Å². The summed E-state index contributed by atoms with van der Waals surface area (Å²) in [4.78, 5) is 23.1. The summed E-state index contributed by atoms with van der Waals surface area (Å²) in [6, 6.07) is 32.9. The van der Waals surface area contributed by atoms with Gasteiger partial charge in [-0.2, -0.15) is 8.42 Å². The van der Waals surface area contributed by atoms with E-state index < -0.39 is 30.9 Å². The molecule has 0 fully saturated rings. The van der Waals surface area contributed by atoms with Gasteiger partial charge in [-0.25, -0.2) is 22.3 Å². The summed E-state index contributed by atoms with van der Waals surface area (Å²) in [5.74, 6) is 1.36. The number of benzene rings is 6. The standard InChI is InChI=1S/C52H54FN5O9S2/c1-5-54-37-18-22-42-48(31-37)67-49-32-38(56(6-2)7-3)19-23-43(49)51(42)44-24-21-41(33-50(44)69(62,63)64)68(60,61)55-27-13-8-9-14-28-57-45-25-20-40(65-4)29-35(45)34-58(52(57)59)46-30-36(53)17-26-47(46)66-39-15-11-10-12-16-39/h10-12,15-26,29-33,55H,5-9,13-14,27-28,34H2,1-4H3,(H,62,63,64). The van der Waals surface area contributed by atoms with Crippen LogP contribution in [0, 0.1) is 5.82 Å². The van der Waals surface area contributed by atoms with E-state index in [1.807, 2.05) is 69.3 Å². The number of amides is 2. The van der Waals surface area contributed by atoms with Gasteiger partial charge in [0.15, 0.2) is 5.75 Å². The predicted molar refractivity (Wildman–Crippen MR) is 266 cm³/mol. The lowest BCUT2D eigenvalue weighted by atomic mass is 9.93. The molecule has 2 aliphatic heterocycles. The van der Waals surface area contributed by atoms with Gasteiger partial charge in [-0.3, -0.25) is 19.3 Å². The minimum Gasteiger partial charge on any atom is -0.497 e. The van der Waals surface area contributed by atoms with Gasteiger partial charge in [0, 0.05) is 78.7 Å². The van der Waals surface area contributed by atoms with Crippen molar-refractivity contribution in [3.63, 3.8) is 0 Å². The second-order valence-electron chi connectivity index (χ2n) is 16.5. The van der Waals surface area contributed by atoms with Crippen LogP contribution in [0.25, 0.3) is 33.4 Å². The molecule has 0 spiro atoms. The Morgan fingerprint density at radius 3 is 2.30 bits per heavy atom. The summed E-state index contributed by atoms with van der Waals surface area (Å²) in [5.41, 5.74) is 4.24. The molecule has 2 N–H and O–H groups in total. The van der Waals surface area contributed by atoms with Gasteiger partial charge >= 0.3 is 6.03 Å². The van der Waals surface area contributed by atoms with Crippen LogP contribution < -0.4 is 34.3 Å². The van der Waals surface area contributed by atoms with Crippen molar-refractivity contribution < 1.29 is 44.5 Å². The van der Waals surface area contributed by atoms with E-state index in [4.69, 9.17) is 13.9 Å². The third-order valence-corrected chi connectivity index (χ3v) is 14.5. The van der Waals surface area contributed by atoms with E-state index in [-0.39, 0.29) is 35.3 Å². The van der Waals surface area contributed by atoms with Gasteiger partial charge < -0.3 is 18.8 Å². The van der Waals surface area contributed by atoms with Crippen LogP contribution in [0.1, 0.15) is 52.0 Å². The number of fused-ring (bicyclic) bond motifs is 3. The Labute approximate surface area is 401 Å². The van der Waals surface area contributed by atoms with Crippen LogP contribution in [-0.4, -0.2) is 67.3 Å². The molecule has 0 unspecified atom stereocenters. The van der Waals surface area contributed by atoms with Crippen LogP contribution in [0.5, 0.6) is 17.2 Å². The zero-order chi connectivity index (χ0) is 48.9. The molecule has 69 heavy (non-hydrogen) atoms. The molecule has 0 saturated carbocycles. The average Bonchev–Trinajstić information content (AvgIpc) is 3.34. The van der Waals surface area contributed by atoms with E-state index in [0.29, 0.717) is 94.9 Å². The van der Waals surface area contributed by atoms with E-state index in [1.165, 1.54) is 35.2 Å². The normalized spacial score (nSPS) is 13.3. The highest BCUT2D eigenvalue weighted by Gasteiger charge is 2.34. The molecule has 0 bridgehead atoms. The summed E-state index contributed by atoms with van der Waals surface area (Å²) in [7, 11) is -7.65. The summed E-state index contributed by atoms with van der Waals surface area (Å²) in [6.07, 6.45) is 2.24. The first-order valence-corrected chi connectivity index (χ1v) is 25.8. The van der Waals surface area contributed by atoms with Crippen molar-refractivity contribution in [2.45, 2.75) is 62.8 Å². The SMILES string of the molecule is CCN=c1ccc2c(-c3ccc(S(=O)(=O)NCCCCCCN4C(=O)N(c5cc(F)ccc5Oc5ccccc5)Cc5cc(OC)ccc54)cc3S(=O)(=O)O)c3ccc(N(CC)CC)cc3oc-2c1. The molecule has 1 aliphatic carbocycles. The molecule has 0 saturated heterocycles. The average molecular weight is 976 g/mol. The van der Waals surface area contributed by atoms with Crippen molar-refractivity contribution in [2.24, 2.45) is 4.99 Å². The number of hydrogen-bond donors (Lipinski definition) is 2. The maximum Gasteiger partial charge on any atom is 0.329 e. The summed E-state index contributed by atoms with van der Waals surface area (Å²) in [6.45, 7) is 8.55. The fourth-order valence-corrected chi connectivity index (χ4v) is 10.6. The van der Waals surface area contributed by atoms with Crippen LogP contribution in [0.4, 0.5) is 26.2 Å². The molecule has 14 nitrogen and oxygen atoms in total. The topological polar surface area (TPSA) is 171 Å². The Kier molecular flexibility index (Phi) is 14.7. The predicted octanol–water partition coefficient (Wildman–Crippen LogP) is 10.6. The van der Waals surface area contributed by atoms with Crippen molar-refractivity contribution in [3.8, 4) is 39.7 Å². The highest BCUT2D eigenvalue weighted by molar-refractivity contribution is 7.89. The highest BCUT2D eigenvalue weighted by atomic mass is 32.2. The molecule has 2 amide bonds. The first-order chi connectivity index (χ1) is 33.2. The number of para-hydroxylation sites is 1. The highest BCUT2D eigenvalue weighted by Crippen LogP contribution is 2.44. The Morgan fingerprint density at radius 2 is 1.57 bits per heavy atom. The maximum absolute atomic E-state index is 14.8. The van der Waals surface area contributed by atoms with Crippen molar-refractivity contribution in [1.29, 1.82) is 0 Å².